The summed E-state index contributed by atoms with van der Waals surface area (Å²) in [7, 11) is 1.09. The van der Waals surface area contributed by atoms with Crippen molar-refractivity contribution in [1.29, 1.82) is 0 Å². The highest BCUT2D eigenvalue weighted by molar-refractivity contribution is 7.42. The van der Waals surface area contributed by atoms with E-state index in [0.717, 1.165) is 0 Å². The zero-order valence-corrected chi connectivity index (χ0v) is 39.1. The molecule has 5 rings (SSSR count). The Hall–Kier alpha value is -3.04. The summed E-state index contributed by atoms with van der Waals surface area (Å²) in [5.41, 5.74) is 14.5. The van der Waals surface area contributed by atoms with Gasteiger partial charge in [-0.2, -0.15) is 0 Å². The minimum atomic E-state index is -0.00315. The van der Waals surface area contributed by atoms with Gasteiger partial charge < -0.3 is 0 Å². The summed E-state index contributed by atoms with van der Waals surface area (Å²) in [6, 6.07) is 32.7. The molecule has 0 aliphatic carbocycles. The lowest BCUT2D eigenvalue weighted by Crippen LogP contribution is -2.30. The zero-order chi connectivity index (χ0) is 40.4. The normalized spacial score (nSPS) is 14.3. The maximum atomic E-state index is 2.56. The monoisotopic (exact) mass is 756 g/mol. The summed E-state index contributed by atoms with van der Waals surface area (Å²) in [6.07, 6.45) is 0. The van der Waals surface area contributed by atoms with Gasteiger partial charge in [0.15, 0.2) is 10.6 Å². The smallest absolute Gasteiger partial charge is 0.0622 e. The highest BCUT2D eigenvalue weighted by Gasteiger charge is 2.37. The summed E-state index contributed by atoms with van der Waals surface area (Å²) in [5, 5.41) is 3.08. The van der Waals surface area contributed by atoms with E-state index in [1.165, 1.54) is 76.1 Å². The maximum absolute atomic E-state index is 2.56. The van der Waals surface area contributed by atoms with E-state index in [1.54, 1.807) is 0 Å². The summed E-state index contributed by atoms with van der Waals surface area (Å²) in [6.45, 7) is 43.2. The molecule has 0 nitrogen and oxygen atoms in total. The van der Waals surface area contributed by atoms with E-state index in [1.807, 2.05) is 0 Å². The lowest BCUT2D eigenvalue weighted by molar-refractivity contribution is 0.553. The molecule has 0 aliphatic rings. The van der Waals surface area contributed by atoms with Crippen LogP contribution in [0.2, 0.25) is 0 Å². The number of rotatable bonds is 4. The third kappa shape index (κ3) is 8.83. The molecule has 0 amide bonds. The zero-order valence-electron chi connectivity index (χ0n) is 37.1. The topological polar surface area (TPSA) is 0 Å². The molecule has 0 aromatic heterocycles. The van der Waals surface area contributed by atoms with Gasteiger partial charge in [-0.15, -0.1) is 0 Å². The molecular formula is C52H70P2+2. The number of hydrogen-bond donors (Lipinski definition) is 0. The summed E-state index contributed by atoms with van der Waals surface area (Å²) < 4.78 is 0. The maximum Gasteiger partial charge on any atom is 0.205 e. The van der Waals surface area contributed by atoms with E-state index in [0.29, 0.717) is 16.4 Å². The molecule has 0 spiro atoms. The van der Waals surface area contributed by atoms with Gasteiger partial charge in [0, 0.05) is 33.4 Å². The van der Waals surface area contributed by atoms with Gasteiger partial charge in [-0.1, -0.05) is 210 Å². The van der Waals surface area contributed by atoms with Crippen LogP contribution >= 0.6 is 16.4 Å². The Morgan fingerprint density at radius 1 is 0.315 bits per heavy atom. The van der Waals surface area contributed by atoms with Crippen LogP contribution in [0.5, 0.6) is 0 Å². The van der Waals surface area contributed by atoms with Crippen LogP contribution in [0.3, 0.4) is 0 Å². The first-order valence-corrected chi connectivity index (χ1v) is 22.1. The lowest BCUT2D eigenvalue weighted by Gasteiger charge is -2.30. The van der Waals surface area contributed by atoms with E-state index >= 15 is 0 Å². The van der Waals surface area contributed by atoms with Gasteiger partial charge in [0.25, 0.3) is 0 Å². The van der Waals surface area contributed by atoms with E-state index in [2.05, 4.69) is 210 Å². The van der Waals surface area contributed by atoms with Crippen LogP contribution in [0.25, 0.3) is 22.3 Å². The van der Waals surface area contributed by atoms with Crippen molar-refractivity contribution in [3.05, 3.63) is 128 Å². The quantitative estimate of drug-likeness (QED) is 0.160. The van der Waals surface area contributed by atoms with Gasteiger partial charge >= 0.3 is 0 Å². The molecule has 2 atom stereocenters. The Bertz CT molecular complexity index is 2000. The van der Waals surface area contributed by atoms with E-state index in [-0.39, 0.29) is 32.5 Å². The van der Waals surface area contributed by atoms with Gasteiger partial charge in [-0.05, 0) is 54.7 Å². The molecule has 0 aliphatic heterocycles. The Labute approximate surface area is 333 Å². The fraction of sp³-hybridized carbons (Fsp3) is 0.462. The largest absolute Gasteiger partial charge is 0.205 e. The molecule has 5 aromatic rings. The number of hydrogen-bond acceptors (Lipinski definition) is 0. The molecule has 0 heterocycles. The van der Waals surface area contributed by atoms with Crippen LogP contribution in [0, 0.1) is 9.88 Å². The van der Waals surface area contributed by atoms with Gasteiger partial charge in [0.1, 0.15) is 16.4 Å². The Kier molecular flexibility index (Phi) is 11.3. The lowest BCUT2D eigenvalue weighted by atomic mass is 9.75. The van der Waals surface area contributed by atoms with Gasteiger partial charge in [-0.3, -0.25) is 0 Å². The second-order valence-electron chi connectivity index (χ2n) is 21.9. The fourth-order valence-corrected chi connectivity index (χ4v) is 12.0. The van der Waals surface area contributed by atoms with Crippen molar-refractivity contribution in [3.63, 3.8) is 0 Å². The molecular weight excluding hydrogens is 687 g/mol. The first kappa shape index (κ1) is 42.1. The second kappa shape index (κ2) is 14.5. The predicted octanol–water partition coefficient (Wildman–Crippen LogP) is 14.8. The van der Waals surface area contributed by atoms with Crippen molar-refractivity contribution in [1.82, 2.24) is 0 Å². The standard InChI is InChI=1S/C52H68P2/c1-47(2,3)35-29-37(49(7,8)9)43(38(30-35)50(10,11)12)53-45-41(33-25-21-19-22-26-33)42(34-27-23-20-24-28-34)46(45)54-44-39(51(13,14)15)31-36(48(4,5)6)32-40(44)52(16,17)18/h19-32H,1-18H3/p+2. The van der Waals surface area contributed by atoms with E-state index in [4.69, 9.17) is 0 Å². The predicted molar refractivity (Wildman–Crippen MR) is 247 cm³/mol. The Morgan fingerprint density at radius 3 is 0.759 bits per heavy atom. The van der Waals surface area contributed by atoms with Crippen molar-refractivity contribution < 1.29 is 0 Å². The van der Waals surface area contributed by atoms with Crippen LogP contribution in [-0.2, 0) is 32.5 Å². The SMILES string of the molecule is CC(C)(C)c1cc(C(C)(C)C)c([PH+]=c2c(-c3ccccc3)c(-c3ccccc3)c2=[PH+]c2c(C(C)(C)C)cc(C(C)(C)C)cc2C(C)(C)C)c(C(C)(C)C)c1. The van der Waals surface area contributed by atoms with Crippen molar-refractivity contribution >= 4 is 27.0 Å². The van der Waals surface area contributed by atoms with Crippen LogP contribution in [0.15, 0.2) is 84.9 Å². The minimum Gasteiger partial charge on any atom is -0.0622 e. The molecule has 0 saturated carbocycles. The molecule has 54 heavy (non-hydrogen) atoms. The third-order valence-corrected chi connectivity index (χ3v) is 14.2. The minimum absolute atomic E-state index is 0.00315. The van der Waals surface area contributed by atoms with Crippen molar-refractivity contribution in [2.24, 2.45) is 0 Å². The van der Waals surface area contributed by atoms with E-state index < -0.39 is 0 Å². The van der Waals surface area contributed by atoms with Crippen LogP contribution in [0.1, 0.15) is 158 Å². The second-order valence-corrected chi connectivity index (χ2v) is 24.4. The Balaban J connectivity index is 2.11. The van der Waals surface area contributed by atoms with Crippen molar-refractivity contribution in [2.45, 2.75) is 157 Å². The highest BCUT2D eigenvalue weighted by atomic mass is 31.1. The van der Waals surface area contributed by atoms with Crippen LogP contribution < -0.4 is 10.6 Å². The van der Waals surface area contributed by atoms with Crippen molar-refractivity contribution in [2.75, 3.05) is 0 Å². The molecule has 0 radical (unpaired) electrons. The molecule has 2 unspecified atom stereocenters. The first-order chi connectivity index (χ1) is 24.6. The molecule has 2 heteroatoms. The fourth-order valence-electron chi connectivity index (χ4n) is 7.51. The first-order valence-electron chi connectivity index (χ1n) is 20.1. The van der Waals surface area contributed by atoms with Gasteiger partial charge in [-0.25, -0.2) is 0 Å². The number of benzene rings is 4. The van der Waals surface area contributed by atoms with Crippen LogP contribution in [0.4, 0.5) is 0 Å². The molecule has 5 aromatic carbocycles. The van der Waals surface area contributed by atoms with Crippen LogP contribution in [-0.4, -0.2) is 0 Å². The molecule has 0 fully saturated rings. The summed E-state index contributed by atoms with van der Waals surface area (Å²) in [4.78, 5) is 3.08. The van der Waals surface area contributed by atoms with E-state index in [9.17, 15) is 0 Å². The highest BCUT2D eigenvalue weighted by Crippen LogP contribution is 2.46. The average Bonchev–Trinajstić information content (AvgIpc) is 3.02. The van der Waals surface area contributed by atoms with Gasteiger partial charge in [0.2, 0.25) is 9.88 Å². The molecule has 0 saturated heterocycles. The third-order valence-electron chi connectivity index (χ3n) is 10.9. The van der Waals surface area contributed by atoms with Gasteiger partial charge in [0.05, 0.1) is 0 Å². The summed E-state index contributed by atoms with van der Waals surface area (Å²) in [5.74, 6) is 0. The molecule has 286 valence electrons. The average molecular weight is 757 g/mol. The Morgan fingerprint density at radius 2 is 0.556 bits per heavy atom. The molecule has 0 bridgehead atoms. The van der Waals surface area contributed by atoms with Crippen molar-refractivity contribution in [3.8, 4) is 22.3 Å². The molecule has 0 N–H and O–H groups in total. The summed E-state index contributed by atoms with van der Waals surface area (Å²) >= 11 is 0.